The SMILES string of the molecule is c1ccc2c(c1)ccc1cc(-c3nc(-n4c5ccccc5c5c6oc7ccccc7c6c6c(ccc7oc8ccccc8c76)c54)nc4ccccc34)ccc12. The average molecular weight is 702 g/mol. The number of rotatable bonds is 2. The third kappa shape index (κ3) is 3.86. The van der Waals surface area contributed by atoms with E-state index in [1.165, 1.54) is 21.5 Å². The molecule has 0 aliphatic rings. The van der Waals surface area contributed by atoms with Gasteiger partial charge >= 0.3 is 0 Å². The summed E-state index contributed by atoms with van der Waals surface area (Å²) in [6.07, 6.45) is 0. The van der Waals surface area contributed by atoms with Gasteiger partial charge in [0.05, 0.1) is 27.6 Å². The fraction of sp³-hybridized carbons (Fsp3) is 0. The molecule has 5 heteroatoms. The number of hydrogen-bond acceptors (Lipinski definition) is 4. The van der Waals surface area contributed by atoms with E-state index in [0.717, 1.165) is 98.6 Å². The van der Waals surface area contributed by atoms with Crippen LogP contribution >= 0.6 is 0 Å². The molecule has 254 valence electrons. The van der Waals surface area contributed by atoms with E-state index >= 15 is 0 Å². The lowest BCUT2D eigenvalue weighted by Gasteiger charge is -2.14. The number of para-hydroxylation sites is 4. The number of furan rings is 2. The van der Waals surface area contributed by atoms with E-state index in [2.05, 4.69) is 150 Å². The van der Waals surface area contributed by atoms with Gasteiger partial charge in [-0.1, -0.05) is 121 Å². The molecule has 0 radical (unpaired) electrons. The lowest BCUT2D eigenvalue weighted by atomic mass is 9.95. The molecular weight excluding hydrogens is 675 g/mol. The largest absolute Gasteiger partial charge is 0.456 e. The second-order valence-electron chi connectivity index (χ2n) is 14.4. The molecule has 4 heterocycles. The Labute approximate surface area is 312 Å². The van der Waals surface area contributed by atoms with Gasteiger partial charge in [0.2, 0.25) is 5.95 Å². The molecule has 0 saturated heterocycles. The third-order valence-corrected chi connectivity index (χ3v) is 11.6. The van der Waals surface area contributed by atoms with Gasteiger partial charge in [-0.15, -0.1) is 0 Å². The Balaban J connectivity index is 1.20. The van der Waals surface area contributed by atoms with Crippen molar-refractivity contribution in [3.8, 4) is 17.2 Å². The normalized spacial score (nSPS) is 12.4. The number of nitrogens with zero attached hydrogens (tertiary/aromatic N) is 3. The van der Waals surface area contributed by atoms with Crippen molar-refractivity contribution in [2.24, 2.45) is 0 Å². The molecule has 0 atom stereocenters. The van der Waals surface area contributed by atoms with E-state index in [4.69, 9.17) is 18.8 Å². The van der Waals surface area contributed by atoms with E-state index in [0.29, 0.717) is 5.95 Å². The van der Waals surface area contributed by atoms with Gasteiger partial charge in [-0.05, 0) is 64.0 Å². The van der Waals surface area contributed by atoms with Crippen molar-refractivity contribution in [2.45, 2.75) is 0 Å². The molecule has 13 rings (SSSR count). The Morgan fingerprint density at radius 2 is 1.05 bits per heavy atom. The molecule has 4 aromatic heterocycles. The van der Waals surface area contributed by atoms with Crippen LogP contribution in [-0.4, -0.2) is 14.5 Å². The van der Waals surface area contributed by atoms with Crippen LogP contribution in [0, 0.1) is 0 Å². The van der Waals surface area contributed by atoms with E-state index in [-0.39, 0.29) is 0 Å². The molecule has 0 unspecified atom stereocenters. The first-order valence-electron chi connectivity index (χ1n) is 18.6. The van der Waals surface area contributed by atoms with Crippen LogP contribution in [-0.2, 0) is 0 Å². The number of fused-ring (bicyclic) bond motifs is 18. The van der Waals surface area contributed by atoms with Gasteiger partial charge < -0.3 is 8.83 Å². The van der Waals surface area contributed by atoms with Gasteiger partial charge in [0.1, 0.15) is 22.3 Å². The minimum absolute atomic E-state index is 0.604. The standard InChI is InChI=1S/C50H27N3O2/c1-2-12-31-28(11-1)21-22-29-27-30(23-24-32(29)31)47-33-13-3-7-17-38(33)51-50(52-47)53-39-18-8-4-14-34(39)46-48(53)37-25-26-42-43(35-15-5-9-19-40(35)54-42)44(37)45-36-16-6-10-20-41(36)55-49(45)46/h1-27H. The fourth-order valence-electron chi connectivity index (χ4n) is 9.22. The van der Waals surface area contributed by atoms with Crippen LogP contribution in [0.2, 0.25) is 0 Å². The lowest BCUT2D eigenvalue weighted by molar-refractivity contribution is 0.669. The Morgan fingerprint density at radius 1 is 0.400 bits per heavy atom. The van der Waals surface area contributed by atoms with Crippen LogP contribution in [0.3, 0.4) is 0 Å². The van der Waals surface area contributed by atoms with Crippen molar-refractivity contribution in [3.05, 3.63) is 164 Å². The quantitative estimate of drug-likeness (QED) is 0.168. The molecule has 0 N–H and O–H groups in total. The highest BCUT2D eigenvalue weighted by atomic mass is 16.3. The minimum atomic E-state index is 0.604. The molecule has 0 spiro atoms. The monoisotopic (exact) mass is 701 g/mol. The van der Waals surface area contributed by atoms with Gasteiger partial charge in [0.15, 0.2) is 0 Å². The van der Waals surface area contributed by atoms with Crippen molar-refractivity contribution in [1.82, 2.24) is 14.5 Å². The number of benzene rings is 9. The molecule has 13 aromatic rings. The van der Waals surface area contributed by atoms with Crippen LogP contribution in [0.25, 0.3) is 126 Å². The molecule has 0 saturated carbocycles. The van der Waals surface area contributed by atoms with Gasteiger partial charge in [-0.2, -0.15) is 0 Å². The summed E-state index contributed by atoms with van der Waals surface area (Å²) in [5.74, 6) is 0.604. The summed E-state index contributed by atoms with van der Waals surface area (Å²) < 4.78 is 15.7. The van der Waals surface area contributed by atoms with Crippen molar-refractivity contribution < 1.29 is 8.83 Å². The van der Waals surface area contributed by atoms with E-state index in [1.54, 1.807) is 0 Å². The zero-order valence-corrected chi connectivity index (χ0v) is 29.2. The summed E-state index contributed by atoms with van der Waals surface area (Å²) in [5, 5.41) is 14.5. The first-order valence-corrected chi connectivity index (χ1v) is 18.6. The van der Waals surface area contributed by atoms with Crippen LogP contribution in [0.4, 0.5) is 0 Å². The van der Waals surface area contributed by atoms with E-state index < -0.39 is 0 Å². The maximum absolute atomic E-state index is 6.92. The Morgan fingerprint density at radius 3 is 1.93 bits per heavy atom. The second-order valence-corrected chi connectivity index (χ2v) is 14.4. The molecule has 55 heavy (non-hydrogen) atoms. The highest BCUT2D eigenvalue weighted by Crippen LogP contribution is 2.49. The molecule has 0 amide bonds. The summed E-state index contributed by atoms with van der Waals surface area (Å²) in [6.45, 7) is 0. The van der Waals surface area contributed by atoms with Crippen molar-refractivity contribution in [3.63, 3.8) is 0 Å². The van der Waals surface area contributed by atoms with Crippen molar-refractivity contribution in [1.29, 1.82) is 0 Å². The Kier molecular flexibility index (Phi) is 5.57. The maximum Gasteiger partial charge on any atom is 0.235 e. The predicted octanol–water partition coefficient (Wildman–Crippen LogP) is 13.7. The molecule has 0 aliphatic carbocycles. The first kappa shape index (κ1) is 29.0. The molecule has 0 aliphatic heterocycles. The zero-order valence-electron chi connectivity index (χ0n) is 29.2. The average Bonchev–Trinajstić information content (AvgIpc) is 3.93. The first-order chi connectivity index (χ1) is 27.3. The summed E-state index contributed by atoms with van der Waals surface area (Å²) in [4.78, 5) is 10.9. The topological polar surface area (TPSA) is 57.0 Å². The lowest BCUT2D eigenvalue weighted by Crippen LogP contribution is -2.04. The highest BCUT2D eigenvalue weighted by Gasteiger charge is 2.26. The van der Waals surface area contributed by atoms with Gasteiger partial charge in [0.25, 0.3) is 0 Å². The van der Waals surface area contributed by atoms with E-state index in [1.807, 2.05) is 18.2 Å². The van der Waals surface area contributed by atoms with Crippen molar-refractivity contribution >= 4 is 109 Å². The number of aromatic nitrogens is 3. The predicted molar refractivity (Wildman–Crippen MR) is 226 cm³/mol. The highest BCUT2D eigenvalue weighted by molar-refractivity contribution is 6.40. The Hall–Kier alpha value is -7.50. The molecule has 9 aromatic carbocycles. The van der Waals surface area contributed by atoms with Crippen LogP contribution in [0.5, 0.6) is 0 Å². The summed E-state index contributed by atoms with van der Waals surface area (Å²) in [5.41, 5.74) is 8.22. The van der Waals surface area contributed by atoms with Gasteiger partial charge in [-0.3, -0.25) is 4.57 Å². The van der Waals surface area contributed by atoms with Gasteiger partial charge in [-0.25, -0.2) is 9.97 Å². The zero-order chi connectivity index (χ0) is 35.8. The van der Waals surface area contributed by atoms with Crippen LogP contribution < -0.4 is 0 Å². The third-order valence-electron chi connectivity index (χ3n) is 11.6. The molecule has 0 fully saturated rings. The molecular formula is C50H27N3O2. The number of hydrogen-bond donors (Lipinski definition) is 0. The van der Waals surface area contributed by atoms with Crippen molar-refractivity contribution in [2.75, 3.05) is 0 Å². The smallest absolute Gasteiger partial charge is 0.235 e. The van der Waals surface area contributed by atoms with Crippen LogP contribution in [0.15, 0.2) is 173 Å². The van der Waals surface area contributed by atoms with Crippen LogP contribution in [0.1, 0.15) is 0 Å². The Bertz CT molecular complexity index is 3790. The van der Waals surface area contributed by atoms with E-state index in [9.17, 15) is 0 Å². The molecule has 5 nitrogen and oxygen atoms in total. The summed E-state index contributed by atoms with van der Waals surface area (Å²) in [6, 6.07) is 57.5. The fourth-order valence-corrected chi connectivity index (χ4v) is 9.22. The summed E-state index contributed by atoms with van der Waals surface area (Å²) in [7, 11) is 0. The minimum Gasteiger partial charge on any atom is -0.456 e. The maximum atomic E-state index is 6.92. The second kappa shape index (κ2) is 10.6. The molecule has 0 bridgehead atoms. The van der Waals surface area contributed by atoms with Gasteiger partial charge in [0, 0.05) is 48.7 Å². The summed E-state index contributed by atoms with van der Waals surface area (Å²) >= 11 is 0.